The van der Waals surface area contributed by atoms with E-state index in [1.165, 1.54) is 25.7 Å². The summed E-state index contributed by atoms with van der Waals surface area (Å²) in [6.07, 6.45) is 4.99. The van der Waals surface area contributed by atoms with Crippen molar-refractivity contribution < 1.29 is 0 Å². The summed E-state index contributed by atoms with van der Waals surface area (Å²) in [7, 11) is 0. The summed E-state index contributed by atoms with van der Waals surface area (Å²) in [5.41, 5.74) is 0.160. The van der Waals surface area contributed by atoms with Crippen molar-refractivity contribution in [2.75, 3.05) is 4.90 Å². The number of hydrogen-bond acceptors (Lipinski definition) is 3. The third-order valence-electron chi connectivity index (χ3n) is 4.24. The molecule has 3 aliphatic rings. The van der Waals surface area contributed by atoms with Crippen LogP contribution in [0, 0.1) is 0 Å². The lowest BCUT2D eigenvalue weighted by Crippen LogP contribution is -2.34. The van der Waals surface area contributed by atoms with E-state index in [1.807, 2.05) is 6.07 Å². The van der Waals surface area contributed by atoms with Gasteiger partial charge in [0.05, 0.1) is 0 Å². The van der Waals surface area contributed by atoms with Gasteiger partial charge in [-0.25, -0.2) is 4.79 Å². The van der Waals surface area contributed by atoms with Crippen molar-refractivity contribution in [3.63, 3.8) is 0 Å². The lowest BCUT2D eigenvalue weighted by Gasteiger charge is -2.25. The second-order valence-electron chi connectivity index (χ2n) is 5.12. The van der Waals surface area contributed by atoms with Crippen molar-refractivity contribution in [1.29, 1.82) is 0 Å². The van der Waals surface area contributed by atoms with Gasteiger partial charge in [0, 0.05) is 24.2 Å². The Morgan fingerprint density at radius 2 is 2.25 bits per heavy atom. The van der Waals surface area contributed by atoms with E-state index in [1.54, 1.807) is 4.57 Å². The first-order chi connectivity index (χ1) is 7.70. The number of rotatable bonds is 0. The number of aromatic nitrogens is 2. The molecule has 0 radical (unpaired) electrons. The number of fused-ring (bicyclic) bond motifs is 4. The van der Waals surface area contributed by atoms with Crippen LogP contribution in [0.15, 0.2) is 10.9 Å². The molecule has 1 atom stereocenters. The predicted molar refractivity (Wildman–Crippen MR) is 61.0 cm³/mol. The maximum atomic E-state index is 11.7. The topological polar surface area (TPSA) is 38.1 Å². The zero-order chi connectivity index (χ0) is 10.9. The molecular weight excluding hydrogens is 226 g/mol. The summed E-state index contributed by atoms with van der Waals surface area (Å²) in [6.45, 7) is 0.792. The van der Waals surface area contributed by atoms with Crippen molar-refractivity contribution in [3.05, 3.63) is 21.7 Å². The second kappa shape index (κ2) is 2.62. The lowest BCUT2D eigenvalue weighted by atomic mass is 10.2. The van der Waals surface area contributed by atoms with Gasteiger partial charge in [0.15, 0.2) is 0 Å². The Morgan fingerprint density at radius 3 is 3.00 bits per heavy atom. The molecule has 0 N–H and O–H groups in total. The van der Waals surface area contributed by atoms with E-state index >= 15 is 0 Å². The lowest BCUT2D eigenvalue weighted by molar-refractivity contribution is 0.603. The molecule has 1 saturated heterocycles. The number of halogens is 1. The molecule has 2 aliphatic heterocycles. The van der Waals surface area contributed by atoms with Crippen LogP contribution in [0.4, 0.5) is 5.82 Å². The molecule has 0 amide bonds. The molecule has 4 nitrogen and oxygen atoms in total. The SMILES string of the molecule is O=c1nc(Cl)cc2n1CC1CCC3(CC3)N21. The van der Waals surface area contributed by atoms with Crippen LogP contribution in [-0.4, -0.2) is 21.1 Å². The maximum Gasteiger partial charge on any atom is 0.350 e. The van der Waals surface area contributed by atoms with Gasteiger partial charge in [-0.05, 0) is 25.7 Å². The summed E-state index contributed by atoms with van der Waals surface area (Å²) < 4.78 is 1.77. The third-order valence-corrected chi connectivity index (χ3v) is 4.44. The average molecular weight is 238 g/mol. The minimum absolute atomic E-state index is 0.201. The quantitative estimate of drug-likeness (QED) is 0.641. The number of nitrogens with zero attached hydrogens (tertiary/aromatic N) is 3. The number of hydrogen-bond donors (Lipinski definition) is 0. The van der Waals surface area contributed by atoms with Gasteiger partial charge in [0.1, 0.15) is 11.0 Å². The van der Waals surface area contributed by atoms with Crippen LogP contribution in [-0.2, 0) is 6.54 Å². The van der Waals surface area contributed by atoms with Crippen molar-refractivity contribution >= 4 is 17.4 Å². The zero-order valence-electron chi connectivity index (χ0n) is 8.82. The van der Waals surface area contributed by atoms with Gasteiger partial charge >= 0.3 is 5.69 Å². The molecule has 1 aliphatic carbocycles. The standard InChI is InChI=1S/C11H12ClN3O/c12-8-5-9-14(10(16)13-8)6-7-1-2-11(3-4-11)15(7)9/h5,7H,1-4,6H2. The van der Waals surface area contributed by atoms with Crippen LogP contribution in [0.3, 0.4) is 0 Å². The van der Waals surface area contributed by atoms with Crippen molar-refractivity contribution in [2.45, 2.75) is 43.8 Å². The van der Waals surface area contributed by atoms with Gasteiger partial charge in [-0.3, -0.25) is 4.57 Å². The Bertz CT molecular complexity index is 535. The van der Waals surface area contributed by atoms with Crippen LogP contribution in [0.1, 0.15) is 25.7 Å². The summed E-state index contributed by atoms with van der Waals surface area (Å²) in [5, 5.41) is 0.319. The highest BCUT2D eigenvalue weighted by Crippen LogP contribution is 2.55. The van der Waals surface area contributed by atoms with Gasteiger partial charge in [-0.2, -0.15) is 4.98 Å². The first-order valence-corrected chi connectivity index (χ1v) is 6.14. The van der Waals surface area contributed by atoms with Gasteiger partial charge in [0.2, 0.25) is 0 Å². The van der Waals surface area contributed by atoms with Crippen LogP contribution >= 0.6 is 11.6 Å². The van der Waals surface area contributed by atoms with Crippen LogP contribution in [0.2, 0.25) is 5.15 Å². The molecule has 0 bridgehead atoms. The molecule has 3 heterocycles. The molecule has 5 heteroatoms. The maximum absolute atomic E-state index is 11.7. The minimum Gasteiger partial charge on any atom is -0.347 e. The van der Waals surface area contributed by atoms with Crippen molar-refractivity contribution in [2.24, 2.45) is 0 Å². The van der Waals surface area contributed by atoms with E-state index in [4.69, 9.17) is 11.6 Å². The Balaban J connectivity index is 1.93. The molecule has 1 aromatic rings. The Kier molecular flexibility index (Phi) is 1.48. The van der Waals surface area contributed by atoms with Crippen LogP contribution in [0.25, 0.3) is 0 Å². The summed E-state index contributed by atoms with van der Waals surface area (Å²) in [5.74, 6) is 0.991. The molecule has 0 aromatic carbocycles. The molecular formula is C11H12ClN3O. The summed E-state index contributed by atoms with van der Waals surface area (Å²) in [6, 6.07) is 2.34. The van der Waals surface area contributed by atoms with E-state index in [9.17, 15) is 4.79 Å². The Hall–Kier alpha value is -1.03. The molecule has 1 aromatic heterocycles. The Labute approximate surface area is 97.8 Å². The first-order valence-electron chi connectivity index (χ1n) is 5.76. The van der Waals surface area contributed by atoms with Crippen LogP contribution in [0.5, 0.6) is 0 Å². The summed E-state index contributed by atoms with van der Waals surface area (Å²) >= 11 is 5.88. The molecule has 2 fully saturated rings. The van der Waals surface area contributed by atoms with Crippen molar-refractivity contribution in [3.8, 4) is 0 Å². The van der Waals surface area contributed by atoms with E-state index in [-0.39, 0.29) is 5.69 Å². The zero-order valence-corrected chi connectivity index (χ0v) is 9.57. The minimum atomic E-state index is -0.201. The normalized spacial score (nSPS) is 28.3. The van der Waals surface area contributed by atoms with E-state index < -0.39 is 0 Å². The van der Waals surface area contributed by atoms with E-state index in [0.29, 0.717) is 16.7 Å². The third kappa shape index (κ3) is 0.961. The fourth-order valence-corrected chi connectivity index (χ4v) is 3.53. The van der Waals surface area contributed by atoms with E-state index in [0.717, 1.165) is 12.4 Å². The molecule has 1 spiro atoms. The second-order valence-corrected chi connectivity index (χ2v) is 5.50. The van der Waals surface area contributed by atoms with Gasteiger partial charge in [-0.1, -0.05) is 11.6 Å². The Morgan fingerprint density at radius 1 is 1.44 bits per heavy atom. The van der Waals surface area contributed by atoms with Crippen molar-refractivity contribution in [1.82, 2.24) is 9.55 Å². The molecule has 84 valence electrons. The number of anilines is 1. The smallest absolute Gasteiger partial charge is 0.347 e. The fraction of sp³-hybridized carbons (Fsp3) is 0.636. The molecule has 4 rings (SSSR count). The fourth-order valence-electron chi connectivity index (χ4n) is 3.36. The highest BCUT2D eigenvalue weighted by molar-refractivity contribution is 6.29. The van der Waals surface area contributed by atoms with Gasteiger partial charge < -0.3 is 4.90 Å². The highest BCUT2D eigenvalue weighted by atomic mass is 35.5. The first kappa shape index (κ1) is 9.05. The monoisotopic (exact) mass is 237 g/mol. The molecule has 16 heavy (non-hydrogen) atoms. The van der Waals surface area contributed by atoms with Gasteiger partial charge in [-0.15, -0.1) is 0 Å². The summed E-state index contributed by atoms with van der Waals surface area (Å²) in [4.78, 5) is 18.0. The average Bonchev–Trinajstić information content (AvgIpc) is 2.77. The molecule has 1 saturated carbocycles. The predicted octanol–water partition coefficient (Wildman–Crippen LogP) is 1.41. The largest absolute Gasteiger partial charge is 0.350 e. The van der Waals surface area contributed by atoms with E-state index in [2.05, 4.69) is 9.88 Å². The van der Waals surface area contributed by atoms with Crippen LogP contribution < -0.4 is 10.6 Å². The highest BCUT2D eigenvalue weighted by Gasteiger charge is 2.57. The van der Waals surface area contributed by atoms with Gasteiger partial charge in [0.25, 0.3) is 0 Å². The molecule has 1 unspecified atom stereocenters.